The van der Waals surface area contributed by atoms with E-state index in [2.05, 4.69) is 35.7 Å². The van der Waals surface area contributed by atoms with Gasteiger partial charge in [0, 0.05) is 37.2 Å². The lowest BCUT2D eigenvalue weighted by molar-refractivity contribution is 0.254. The summed E-state index contributed by atoms with van der Waals surface area (Å²) >= 11 is 0. The van der Waals surface area contributed by atoms with Gasteiger partial charge in [0.25, 0.3) is 0 Å². The summed E-state index contributed by atoms with van der Waals surface area (Å²) in [6.45, 7) is 6.34. The Morgan fingerprint density at radius 3 is 2.70 bits per heavy atom. The first-order valence-electron chi connectivity index (χ1n) is 7.66. The summed E-state index contributed by atoms with van der Waals surface area (Å²) in [5.74, 6) is 2.75. The molecule has 2 unspecified atom stereocenters. The lowest BCUT2D eigenvalue weighted by Crippen LogP contribution is -2.37. The molecule has 0 spiro atoms. The van der Waals surface area contributed by atoms with Crippen LogP contribution >= 0.6 is 0 Å². The molecule has 2 N–H and O–H groups in total. The maximum atomic E-state index is 5.96. The first kappa shape index (κ1) is 13.6. The fourth-order valence-corrected chi connectivity index (χ4v) is 3.41. The normalized spacial score (nSPS) is 27.1. The van der Waals surface area contributed by atoms with Crippen LogP contribution in [0.25, 0.3) is 0 Å². The van der Waals surface area contributed by atoms with E-state index in [-0.39, 0.29) is 0 Å². The third-order valence-corrected chi connectivity index (χ3v) is 4.74. The van der Waals surface area contributed by atoms with Crippen molar-refractivity contribution in [2.24, 2.45) is 0 Å². The molecule has 0 aliphatic carbocycles. The summed E-state index contributed by atoms with van der Waals surface area (Å²) in [6, 6.07) is 3.32. The number of nitrogens with two attached hydrogens (primary N) is 1. The van der Waals surface area contributed by atoms with Gasteiger partial charge in [0.05, 0.1) is 0 Å². The van der Waals surface area contributed by atoms with Crippen LogP contribution in [0.5, 0.6) is 0 Å². The quantitative estimate of drug-likeness (QED) is 0.892. The topological polar surface area (TPSA) is 58.3 Å². The third-order valence-electron chi connectivity index (χ3n) is 4.74. The maximum absolute atomic E-state index is 5.96. The Hall–Kier alpha value is -1.36. The van der Waals surface area contributed by atoms with Gasteiger partial charge in [-0.3, -0.25) is 4.90 Å². The molecule has 5 nitrogen and oxygen atoms in total. The minimum Gasteiger partial charge on any atom is -0.384 e. The Balaban J connectivity index is 1.86. The van der Waals surface area contributed by atoms with Crippen molar-refractivity contribution in [1.29, 1.82) is 0 Å². The molecule has 2 saturated heterocycles. The van der Waals surface area contributed by atoms with Gasteiger partial charge in [-0.05, 0) is 26.3 Å². The molecule has 5 heteroatoms. The number of aromatic nitrogens is 2. The summed E-state index contributed by atoms with van der Waals surface area (Å²) in [7, 11) is 2.26. The number of nitrogens with zero attached hydrogens (tertiary/aromatic N) is 4. The molecule has 0 saturated carbocycles. The lowest BCUT2D eigenvalue weighted by Gasteiger charge is -2.27. The van der Waals surface area contributed by atoms with Crippen molar-refractivity contribution in [3.63, 3.8) is 0 Å². The predicted molar refractivity (Wildman–Crippen MR) is 81.9 cm³/mol. The third kappa shape index (κ3) is 2.46. The number of anilines is 2. The van der Waals surface area contributed by atoms with Crippen LogP contribution in [-0.2, 0) is 0 Å². The van der Waals surface area contributed by atoms with Gasteiger partial charge in [0.1, 0.15) is 17.5 Å². The molecule has 2 atom stereocenters. The second-order valence-corrected chi connectivity index (χ2v) is 6.45. The molecule has 0 amide bonds. The molecule has 1 aromatic rings. The first-order valence-corrected chi connectivity index (χ1v) is 7.66. The molecule has 2 fully saturated rings. The number of hydrogen-bond donors (Lipinski definition) is 1. The Morgan fingerprint density at radius 2 is 1.95 bits per heavy atom. The number of hydrogen-bond acceptors (Lipinski definition) is 5. The van der Waals surface area contributed by atoms with Crippen LogP contribution in [0.4, 0.5) is 11.6 Å². The van der Waals surface area contributed by atoms with Gasteiger partial charge in [-0.2, -0.15) is 0 Å². The zero-order valence-electron chi connectivity index (χ0n) is 12.7. The van der Waals surface area contributed by atoms with E-state index in [1.54, 1.807) is 0 Å². The van der Waals surface area contributed by atoms with Crippen molar-refractivity contribution in [2.45, 2.75) is 51.1 Å². The van der Waals surface area contributed by atoms with E-state index in [0.717, 1.165) is 30.8 Å². The minimum absolute atomic E-state index is 0.309. The van der Waals surface area contributed by atoms with Crippen LogP contribution in [0.3, 0.4) is 0 Å². The molecule has 110 valence electrons. The number of nitrogen functional groups attached to an aromatic ring is 1. The van der Waals surface area contributed by atoms with Crippen molar-refractivity contribution < 1.29 is 0 Å². The highest BCUT2D eigenvalue weighted by molar-refractivity contribution is 5.47. The molecule has 3 heterocycles. The summed E-state index contributed by atoms with van der Waals surface area (Å²) in [5, 5.41) is 0. The lowest BCUT2D eigenvalue weighted by atomic mass is 10.1. The largest absolute Gasteiger partial charge is 0.384 e. The van der Waals surface area contributed by atoms with Gasteiger partial charge >= 0.3 is 0 Å². The van der Waals surface area contributed by atoms with Gasteiger partial charge in [0.2, 0.25) is 0 Å². The number of fused-ring (bicyclic) bond motifs is 2. The van der Waals surface area contributed by atoms with Crippen molar-refractivity contribution in [3.05, 3.63) is 11.9 Å². The van der Waals surface area contributed by atoms with Crippen LogP contribution in [0, 0.1) is 0 Å². The molecule has 0 aromatic carbocycles. The van der Waals surface area contributed by atoms with Gasteiger partial charge in [0.15, 0.2) is 0 Å². The predicted octanol–water partition coefficient (Wildman–Crippen LogP) is 1.86. The second-order valence-electron chi connectivity index (χ2n) is 6.45. The van der Waals surface area contributed by atoms with Crippen LogP contribution in [0.1, 0.15) is 44.9 Å². The van der Waals surface area contributed by atoms with Crippen molar-refractivity contribution >= 4 is 11.6 Å². The van der Waals surface area contributed by atoms with E-state index in [0.29, 0.717) is 17.8 Å². The summed E-state index contributed by atoms with van der Waals surface area (Å²) < 4.78 is 0. The van der Waals surface area contributed by atoms with Crippen LogP contribution in [0.15, 0.2) is 6.07 Å². The molecule has 20 heavy (non-hydrogen) atoms. The molecular formula is C15H25N5. The van der Waals surface area contributed by atoms with Gasteiger partial charge in [-0.15, -0.1) is 0 Å². The molecule has 2 aliphatic heterocycles. The highest BCUT2D eigenvalue weighted by atomic mass is 15.3. The monoisotopic (exact) mass is 275 g/mol. The number of likely N-dealkylation sites (N-methyl/N-ethyl adjacent to an activating group) is 1. The summed E-state index contributed by atoms with van der Waals surface area (Å²) in [5.41, 5.74) is 5.96. The van der Waals surface area contributed by atoms with Crippen LogP contribution < -0.4 is 10.6 Å². The average molecular weight is 275 g/mol. The van der Waals surface area contributed by atoms with Crippen molar-refractivity contribution in [1.82, 2.24) is 14.9 Å². The highest BCUT2D eigenvalue weighted by Crippen LogP contribution is 2.30. The maximum Gasteiger partial charge on any atom is 0.135 e. The van der Waals surface area contributed by atoms with E-state index < -0.39 is 0 Å². The molecule has 3 rings (SSSR count). The highest BCUT2D eigenvalue weighted by Gasteiger charge is 2.35. The SMILES string of the molecule is CC(C)c1nc(N)cc(N2CCC3CCC(C2)N3C)n1. The summed E-state index contributed by atoms with van der Waals surface area (Å²) in [6.07, 6.45) is 3.86. The Kier molecular flexibility index (Phi) is 3.54. The number of rotatable bonds is 2. The molecule has 2 bridgehead atoms. The van der Waals surface area contributed by atoms with Crippen LogP contribution in [0.2, 0.25) is 0 Å². The smallest absolute Gasteiger partial charge is 0.135 e. The van der Waals surface area contributed by atoms with E-state index in [9.17, 15) is 0 Å². The first-order chi connectivity index (χ1) is 9.54. The molecular weight excluding hydrogens is 250 g/mol. The second kappa shape index (κ2) is 5.20. The zero-order chi connectivity index (χ0) is 14.3. The van der Waals surface area contributed by atoms with E-state index in [1.807, 2.05) is 6.07 Å². The Bertz CT molecular complexity index is 487. The Morgan fingerprint density at radius 1 is 1.20 bits per heavy atom. The van der Waals surface area contributed by atoms with E-state index in [1.165, 1.54) is 19.3 Å². The van der Waals surface area contributed by atoms with Gasteiger partial charge < -0.3 is 10.6 Å². The van der Waals surface area contributed by atoms with Crippen molar-refractivity contribution in [2.75, 3.05) is 30.8 Å². The van der Waals surface area contributed by atoms with E-state index >= 15 is 0 Å². The molecule has 1 aromatic heterocycles. The minimum atomic E-state index is 0.309. The fourth-order valence-electron chi connectivity index (χ4n) is 3.41. The Labute approximate surface area is 121 Å². The van der Waals surface area contributed by atoms with E-state index in [4.69, 9.17) is 10.7 Å². The standard InChI is InChI=1S/C15H25N5/c1-10(2)15-17-13(16)8-14(18-15)20-7-6-11-4-5-12(9-20)19(11)3/h8,10-12H,4-7,9H2,1-3H3,(H2,16,17,18). The van der Waals surface area contributed by atoms with Gasteiger partial charge in [-0.25, -0.2) is 9.97 Å². The molecule has 0 radical (unpaired) electrons. The van der Waals surface area contributed by atoms with Gasteiger partial charge in [-0.1, -0.05) is 13.8 Å². The fraction of sp³-hybridized carbons (Fsp3) is 0.733. The average Bonchev–Trinajstić information content (AvgIpc) is 2.62. The molecule has 2 aliphatic rings. The van der Waals surface area contributed by atoms with Crippen LogP contribution in [-0.4, -0.2) is 47.1 Å². The zero-order valence-corrected chi connectivity index (χ0v) is 12.7. The summed E-state index contributed by atoms with van der Waals surface area (Å²) in [4.78, 5) is 14.0. The van der Waals surface area contributed by atoms with Crippen molar-refractivity contribution in [3.8, 4) is 0 Å².